The molecular formula is C14H17BrF3NO. The Morgan fingerprint density at radius 2 is 1.85 bits per heavy atom. The Bertz CT molecular complexity index is 492. The first-order valence-corrected chi connectivity index (χ1v) is 6.95. The van der Waals surface area contributed by atoms with E-state index in [1.54, 1.807) is 0 Å². The van der Waals surface area contributed by atoms with Crippen molar-refractivity contribution < 1.29 is 18.0 Å². The first-order chi connectivity index (χ1) is 9.00. The molecule has 1 amide bonds. The normalized spacial score (nSPS) is 12.3. The number of halogens is 4. The molecule has 1 aromatic carbocycles. The molecule has 2 nitrogen and oxygen atoms in total. The fraction of sp³-hybridized carbons (Fsp3) is 0.500. The zero-order chi connectivity index (χ0) is 15.6. The van der Waals surface area contributed by atoms with E-state index < -0.39 is 17.6 Å². The van der Waals surface area contributed by atoms with Gasteiger partial charge in [-0.1, -0.05) is 20.8 Å². The molecule has 0 aliphatic carbocycles. The molecule has 0 aromatic heterocycles. The summed E-state index contributed by atoms with van der Waals surface area (Å²) in [6.45, 7) is 6.50. The Labute approximate surface area is 124 Å². The van der Waals surface area contributed by atoms with Gasteiger partial charge in [0.05, 0.1) is 11.1 Å². The van der Waals surface area contributed by atoms with Crippen LogP contribution in [0.5, 0.6) is 0 Å². The van der Waals surface area contributed by atoms with Gasteiger partial charge in [0, 0.05) is 11.0 Å². The number of hydrogen-bond acceptors (Lipinski definition) is 1. The fourth-order valence-electron chi connectivity index (χ4n) is 1.52. The van der Waals surface area contributed by atoms with E-state index in [4.69, 9.17) is 0 Å². The number of carbonyl (C=O) groups is 1. The Morgan fingerprint density at radius 3 is 2.35 bits per heavy atom. The number of alkyl halides is 3. The lowest BCUT2D eigenvalue weighted by Gasteiger charge is -2.18. The highest BCUT2D eigenvalue weighted by atomic mass is 79.9. The molecule has 20 heavy (non-hydrogen) atoms. The van der Waals surface area contributed by atoms with Crippen molar-refractivity contribution in [1.82, 2.24) is 5.32 Å². The fourth-order valence-corrected chi connectivity index (χ4v) is 1.95. The molecule has 1 aromatic rings. The summed E-state index contributed by atoms with van der Waals surface area (Å²) in [5.74, 6) is -0.507. The zero-order valence-electron chi connectivity index (χ0n) is 11.6. The van der Waals surface area contributed by atoms with E-state index in [2.05, 4.69) is 21.2 Å². The van der Waals surface area contributed by atoms with Gasteiger partial charge in [-0.15, -0.1) is 0 Å². The first-order valence-electron chi connectivity index (χ1n) is 6.16. The molecule has 0 bridgehead atoms. The van der Waals surface area contributed by atoms with Crippen LogP contribution in [-0.4, -0.2) is 12.5 Å². The molecule has 0 spiro atoms. The van der Waals surface area contributed by atoms with E-state index >= 15 is 0 Å². The molecule has 0 unspecified atom stereocenters. The molecular weight excluding hydrogens is 335 g/mol. The first kappa shape index (κ1) is 17.0. The van der Waals surface area contributed by atoms with Crippen molar-refractivity contribution >= 4 is 21.8 Å². The Hall–Kier alpha value is -1.04. The molecule has 0 atom stereocenters. The quantitative estimate of drug-likeness (QED) is 0.844. The molecule has 0 saturated heterocycles. The summed E-state index contributed by atoms with van der Waals surface area (Å²) in [5.41, 5.74) is -0.784. The van der Waals surface area contributed by atoms with E-state index in [9.17, 15) is 18.0 Å². The Morgan fingerprint density at radius 1 is 1.25 bits per heavy atom. The van der Waals surface area contributed by atoms with Crippen LogP contribution >= 0.6 is 15.9 Å². The summed E-state index contributed by atoms with van der Waals surface area (Å²) >= 11 is 3.10. The van der Waals surface area contributed by atoms with Gasteiger partial charge in [-0.05, 0) is 46.0 Å². The lowest BCUT2D eigenvalue weighted by molar-refractivity contribution is -0.137. The molecule has 0 aliphatic rings. The second-order valence-corrected chi connectivity index (χ2v) is 6.61. The summed E-state index contributed by atoms with van der Waals surface area (Å²) in [7, 11) is 0. The van der Waals surface area contributed by atoms with Crippen molar-refractivity contribution in [2.24, 2.45) is 5.41 Å². The Balaban J connectivity index is 2.82. The number of hydrogen-bond donors (Lipinski definition) is 1. The third-order valence-electron chi connectivity index (χ3n) is 2.70. The summed E-state index contributed by atoms with van der Waals surface area (Å²) in [4.78, 5) is 11.9. The summed E-state index contributed by atoms with van der Waals surface area (Å²) in [5, 5.41) is 2.64. The van der Waals surface area contributed by atoms with Crippen molar-refractivity contribution in [1.29, 1.82) is 0 Å². The number of carbonyl (C=O) groups excluding carboxylic acids is 1. The standard InChI is InChI=1S/C14H17BrF3NO/c1-13(2,3)6-7-19-12(20)10-8-9(14(16,17)18)4-5-11(10)15/h4-5,8H,6-7H2,1-3H3,(H,19,20). The van der Waals surface area contributed by atoms with Gasteiger partial charge in [-0.3, -0.25) is 4.79 Å². The number of benzene rings is 1. The molecule has 112 valence electrons. The van der Waals surface area contributed by atoms with E-state index in [0.29, 0.717) is 11.0 Å². The number of nitrogens with one attached hydrogen (secondary N) is 1. The average molecular weight is 352 g/mol. The van der Waals surface area contributed by atoms with Crippen LogP contribution in [0, 0.1) is 5.41 Å². The predicted molar refractivity (Wildman–Crippen MR) is 75.5 cm³/mol. The van der Waals surface area contributed by atoms with Crippen LogP contribution in [0.1, 0.15) is 43.1 Å². The van der Waals surface area contributed by atoms with Crippen LogP contribution < -0.4 is 5.32 Å². The monoisotopic (exact) mass is 351 g/mol. The lowest BCUT2D eigenvalue weighted by atomic mass is 9.92. The molecule has 6 heteroatoms. The average Bonchev–Trinajstić information content (AvgIpc) is 2.25. The summed E-state index contributed by atoms with van der Waals surface area (Å²) < 4.78 is 38.2. The second kappa shape index (κ2) is 6.16. The van der Waals surface area contributed by atoms with Gasteiger partial charge in [0.2, 0.25) is 0 Å². The van der Waals surface area contributed by atoms with E-state index in [1.165, 1.54) is 6.07 Å². The van der Waals surface area contributed by atoms with Gasteiger partial charge in [0.1, 0.15) is 0 Å². The highest BCUT2D eigenvalue weighted by Gasteiger charge is 2.31. The molecule has 0 saturated carbocycles. The predicted octanol–water partition coefficient (Wildman–Crippen LogP) is 4.63. The summed E-state index contributed by atoms with van der Waals surface area (Å²) in [6.07, 6.45) is -3.71. The van der Waals surface area contributed by atoms with Crippen molar-refractivity contribution in [3.05, 3.63) is 33.8 Å². The minimum Gasteiger partial charge on any atom is -0.352 e. The molecule has 0 fully saturated rings. The largest absolute Gasteiger partial charge is 0.416 e. The maximum Gasteiger partial charge on any atom is 0.416 e. The van der Waals surface area contributed by atoms with Gasteiger partial charge >= 0.3 is 6.18 Å². The SMILES string of the molecule is CC(C)(C)CCNC(=O)c1cc(C(F)(F)F)ccc1Br. The molecule has 0 radical (unpaired) electrons. The van der Waals surface area contributed by atoms with Crippen LogP contribution in [0.2, 0.25) is 0 Å². The van der Waals surface area contributed by atoms with Crippen molar-refractivity contribution in [3.8, 4) is 0 Å². The van der Waals surface area contributed by atoms with Crippen LogP contribution in [0.4, 0.5) is 13.2 Å². The van der Waals surface area contributed by atoms with Crippen LogP contribution in [0.15, 0.2) is 22.7 Å². The smallest absolute Gasteiger partial charge is 0.352 e. The maximum atomic E-state index is 12.6. The van der Waals surface area contributed by atoms with E-state index in [1.807, 2.05) is 20.8 Å². The van der Waals surface area contributed by atoms with Crippen molar-refractivity contribution in [2.75, 3.05) is 6.54 Å². The van der Waals surface area contributed by atoms with Gasteiger partial charge in [0.15, 0.2) is 0 Å². The maximum absolute atomic E-state index is 12.6. The second-order valence-electron chi connectivity index (χ2n) is 5.76. The minimum absolute atomic E-state index is 0.00580. The van der Waals surface area contributed by atoms with Crippen molar-refractivity contribution in [2.45, 2.75) is 33.4 Å². The molecule has 1 rings (SSSR count). The van der Waals surface area contributed by atoms with E-state index in [0.717, 1.165) is 18.6 Å². The van der Waals surface area contributed by atoms with E-state index in [-0.39, 0.29) is 11.0 Å². The molecule has 0 aliphatic heterocycles. The third kappa shape index (κ3) is 5.15. The molecule has 0 heterocycles. The van der Waals surface area contributed by atoms with Gasteiger partial charge in [0.25, 0.3) is 5.91 Å². The van der Waals surface area contributed by atoms with Gasteiger partial charge in [-0.2, -0.15) is 13.2 Å². The van der Waals surface area contributed by atoms with Gasteiger partial charge in [-0.25, -0.2) is 0 Å². The number of rotatable bonds is 3. The lowest BCUT2D eigenvalue weighted by Crippen LogP contribution is -2.27. The topological polar surface area (TPSA) is 29.1 Å². The molecule has 1 N–H and O–H groups in total. The third-order valence-corrected chi connectivity index (χ3v) is 3.39. The zero-order valence-corrected chi connectivity index (χ0v) is 13.2. The highest BCUT2D eigenvalue weighted by molar-refractivity contribution is 9.10. The Kier molecular flexibility index (Phi) is 5.24. The highest BCUT2D eigenvalue weighted by Crippen LogP contribution is 2.31. The van der Waals surface area contributed by atoms with Crippen LogP contribution in [-0.2, 0) is 6.18 Å². The van der Waals surface area contributed by atoms with Crippen molar-refractivity contribution in [3.63, 3.8) is 0 Å². The van der Waals surface area contributed by atoms with Gasteiger partial charge < -0.3 is 5.32 Å². The number of amides is 1. The minimum atomic E-state index is -4.46. The van der Waals surface area contributed by atoms with Crippen LogP contribution in [0.3, 0.4) is 0 Å². The summed E-state index contributed by atoms with van der Waals surface area (Å²) in [6, 6.07) is 3.04. The van der Waals surface area contributed by atoms with Crippen LogP contribution in [0.25, 0.3) is 0 Å².